The summed E-state index contributed by atoms with van der Waals surface area (Å²) in [4.78, 5) is 12.2. The van der Waals surface area contributed by atoms with Crippen LogP contribution in [0.4, 0.5) is 26.3 Å². The lowest BCUT2D eigenvalue weighted by atomic mass is 9.86. The number of benzene rings is 1. The van der Waals surface area contributed by atoms with Crippen LogP contribution in [-0.2, 0) is 30.4 Å². The highest BCUT2D eigenvalue weighted by molar-refractivity contribution is 7.87. The largest absolute Gasteiger partial charge is 0.534 e. The molecule has 0 saturated heterocycles. The molecule has 0 heterocycles. The Morgan fingerprint density at radius 1 is 1.07 bits per heavy atom. The van der Waals surface area contributed by atoms with Crippen LogP contribution in [0.25, 0.3) is 0 Å². The van der Waals surface area contributed by atoms with Crippen molar-refractivity contribution in [2.75, 3.05) is 0 Å². The van der Waals surface area contributed by atoms with Gasteiger partial charge < -0.3 is 8.92 Å². The minimum atomic E-state index is -6.24. The Balaban J connectivity index is 2.31. The maximum Gasteiger partial charge on any atom is 0.534 e. The van der Waals surface area contributed by atoms with E-state index in [0.717, 1.165) is 0 Å². The Morgan fingerprint density at radius 3 is 2.14 bits per heavy atom. The Hall–Kier alpha value is -2.24. The molecule has 0 radical (unpaired) electrons. The van der Waals surface area contributed by atoms with Crippen molar-refractivity contribution in [3.63, 3.8) is 0 Å². The molecule has 0 spiro atoms. The number of alkyl halides is 6. The number of ether oxygens (including phenoxy) is 1. The molecule has 0 fully saturated rings. The highest BCUT2D eigenvalue weighted by atomic mass is 32.2. The molecule has 28 heavy (non-hydrogen) atoms. The molecular weight excluding hydrogens is 418 g/mol. The third-order valence-corrected chi connectivity index (χ3v) is 5.08. The highest BCUT2D eigenvalue weighted by Gasteiger charge is 2.58. The van der Waals surface area contributed by atoms with Crippen LogP contribution in [0.2, 0.25) is 0 Å². The SMILES string of the molecule is C[C@]1(C(F)(F)F)CC(OS(=O)(=O)C(F)(F)F)=C(C(=O)OCc2ccccc2)C1. The first kappa shape index (κ1) is 22.1. The van der Waals surface area contributed by atoms with Crippen LogP contribution in [0.3, 0.4) is 0 Å². The van der Waals surface area contributed by atoms with Gasteiger partial charge in [0.25, 0.3) is 0 Å². The zero-order chi connectivity index (χ0) is 21.4. The molecule has 0 saturated carbocycles. The van der Waals surface area contributed by atoms with Crippen LogP contribution in [0.5, 0.6) is 0 Å². The van der Waals surface area contributed by atoms with Gasteiger partial charge in [0.1, 0.15) is 12.4 Å². The predicted molar refractivity (Wildman–Crippen MR) is 82.7 cm³/mol. The van der Waals surface area contributed by atoms with Crippen molar-refractivity contribution in [2.45, 2.75) is 38.1 Å². The predicted octanol–water partition coefficient (Wildman–Crippen LogP) is 4.21. The Morgan fingerprint density at radius 2 is 1.64 bits per heavy atom. The summed E-state index contributed by atoms with van der Waals surface area (Å²) in [5.41, 5.74) is -8.97. The maximum atomic E-state index is 13.3. The fourth-order valence-corrected chi connectivity index (χ4v) is 2.99. The molecule has 1 aliphatic rings. The molecule has 0 unspecified atom stereocenters. The van der Waals surface area contributed by atoms with Crippen molar-refractivity contribution < 1.29 is 48.5 Å². The summed E-state index contributed by atoms with van der Waals surface area (Å²) in [7, 11) is -6.24. The van der Waals surface area contributed by atoms with Gasteiger partial charge in [-0.25, -0.2) is 4.79 Å². The summed E-state index contributed by atoms with van der Waals surface area (Å²) in [6, 6.07) is 7.95. The topological polar surface area (TPSA) is 69.7 Å². The smallest absolute Gasteiger partial charge is 0.457 e. The molecule has 12 heteroatoms. The van der Waals surface area contributed by atoms with E-state index in [1.54, 1.807) is 30.3 Å². The standard InChI is InChI=1S/C16H14F6O5S/c1-14(15(17,18)19)7-11(12(8-14)27-28(24,25)16(20,21)22)13(23)26-9-10-5-3-2-4-6-10/h2-6H,7-9H2,1H3/t14-/m1/s1. The molecule has 1 aromatic rings. The highest BCUT2D eigenvalue weighted by Crippen LogP contribution is 2.53. The minimum Gasteiger partial charge on any atom is -0.457 e. The van der Waals surface area contributed by atoms with E-state index in [4.69, 9.17) is 4.74 Å². The third-order valence-electron chi connectivity index (χ3n) is 4.09. The molecule has 1 aliphatic carbocycles. The van der Waals surface area contributed by atoms with Crippen LogP contribution in [0.1, 0.15) is 25.3 Å². The monoisotopic (exact) mass is 432 g/mol. The quantitative estimate of drug-likeness (QED) is 0.302. The molecule has 0 amide bonds. The number of carbonyl (C=O) groups excluding carboxylic acids is 1. The van der Waals surface area contributed by atoms with Crippen molar-refractivity contribution in [1.29, 1.82) is 0 Å². The summed E-state index contributed by atoms with van der Waals surface area (Å²) < 4.78 is 109. The first-order valence-electron chi connectivity index (χ1n) is 7.67. The zero-order valence-electron chi connectivity index (χ0n) is 14.2. The summed E-state index contributed by atoms with van der Waals surface area (Å²) in [6.07, 6.45) is -7.25. The third kappa shape index (κ3) is 4.59. The maximum absolute atomic E-state index is 13.3. The van der Waals surface area contributed by atoms with Crippen LogP contribution in [-0.4, -0.2) is 26.1 Å². The summed E-state index contributed by atoms with van der Waals surface area (Å²) in [6.45, 7) is 0.277. The number of allylic oxidation sites excluding steroid dienone is 1. The van der Waals surface area contributed by atoms with Crippen LogP contribution in [0, 0.1) is 5.41 Å². The zero-order valence-corrected chi connectivity index (χ0v) is 15.0. The van der Waals surface area contributed by atoms with Crippen LogP contribution >= 0.6 is 0 Å². The second-order valence-corrected chi connectivity index (χ2v) is 7.90. The molecule has 1 atom stereocenters. The molecule has 2 rings (SSSR count). The van der Waals surface area contributed by atoms with Gasteiger partial charge in [0.15, 0.2) is 0 Å². The van der Waals surface area contributed by atoms with E-state index < -0.39 is 57.4 Å². The van der Waals surface area contributed by atoms with Crippen molar-refractivity contribution in [3.05, 3.63) is 47.2 Å². The van der Waals surface area contributed by atoms with E-state index in [2.05, 4.69) is 4.18 Å². The lowest BCUT2D eigenvalue weighted by molar-refractivity contribution is -0.215. The molecule has 0 bridgehead atoms. The Labute approximate surface area is 156 Å². The second-order valence-electron chi connectivity index (χ2n) is 6.36. The van der Waals surface area contributed by atoms with E-state index in [-0.39, 0.29) is 6.61 Å². The van der Waals surface area contributed by atoms with Crippen molar-refractivity contribution in [3.8, 4) is 0 Å². The number of esters is 1. The summed E-state index contributed by atoms with van der Waals surface area (Å²) in [5.74, 6) is -2.61. The fraction of sp³-hybridized carbons (Fsp3) is 0.438. The molecule has 5 nitrogen and oxygen atoms in total. The first-order valence-corrected chi connectivity index (χ1v) is 9.08. The van der Waals surface area contributed by atoms with Crippen LogP contribution in [0.15, 0.2) is 41.7 Å². The van der Waals surface area contributed by atoms with Gasteiger partial charge in [-0.1, -0.05) is 37.3 Å². The number of carbonyl (C=O) groups is 1. The molecule has 0 aromatic heterocycles. The normalized spacial score (nSPS) is 21.0. The summed E-state index contributed by atoms with van der Waals surface area (Å²) in [5, 5.41) is 0. The second kappa shape index (κ2) is 7.30. The van der Waals surface area contributed by atoms with E-state index in [9.17, 15) is 39.6 Å². The molecule has 156 valence electrons. The minimum absolute atomic E-state index is 0.370. The number of hydrogen-bond acceptors (Lipinski definition) is 5. The average Bonchev–Trinajstić information content (AvgIpc) is 2.89. The summed E-state index contributed by atoms with van der Waals surface area (Å²) >= 11 is 0. The van der Waals surface area contributed by atoms with Gasteiger partial charge in [-0.2, -0.15) is 34.8 Å². The van der Waals surface area contributed by atoms with Crippen molar-refractivity contribution in [2.24, 2.45) is 5.41 Å². The van der Waals surface area contributed by atoms with Gasteiger partial charge in [-0.15, -0.1) is 0 Å². The van der Waals surface area contributed by atoms with Crippen molar-refractivity contribution >= 4 is 16.1 Å². The van der Waals surface area contributed by atoms with Gasteiger partial charge in [0.05, 0.1) is 11.0 Å². The van der Waals surface area contributed by atoms with Gasteiger partial charge in [0.2, 0.25) is 0 Å². The lowest BCUT2D eigenvalue weighted by Crippen LogP contribution is -2.33. The number of halogens is 6. The van der Waals surface area contributed by atoms with Crippen molar-refractivity contribution in [1.82, 2.24) is 0 Å². The molecule has 1 aromatic carbocycles. The number of hydrogen-bond donors (Lipinski definition) is 0. The van der Waals surface area contributed by atoms with Gasteiger partial charge in [-0.3, -0.25) is 0 Å². The van der Waals surface area contributed by atoms with E-state index >= 15 is 0 Å². The number of rotatable bonds is 5. The van der Waals surface area contributed by atoms with E-state index in [1.807, 2.05) is 0 Å². The van der Waals surface area contributed by atoms with Gasteiger partial charge in [0, 0.05) is 6.42 Å². The van der Waals surface area contributed by atoms with E-state index in [0.29, 0.717) is 12.5 Å². The fourth-order valence-electron chi connectivity index (χ4n) is 2.47. The molecule has 0 aliphatic heterocycles. The molecule has 0 N–H and O–H groups in total. The Kier molecular flexibility index (Phi) is 5.75. The first-order chi connectivity index (χ1) is 12.7. The Bertz CT molecular complexity index is 873. The van der Waals surface area contributed by atoms with Gasteiger partial charge in [-0.05, 0) is 12.0 Å². The van der Waals surface area contributed by atoms with Crippen LogP contribution < -0.4 is 0 Å². The molecular formula is C16H14F6O5S. The average molecular weight is 432 g/mol. The van der Waals surface area contributed by atoms with Gasteiger partial charge >= 0.3 is 27.8 Å². The van der Waals surface area contributed by atoms with E-state index in [1.165, 1.54) is 0 Å². The lowest BCUT2D eigenvalue weighted by Gasteiger charge is -2.27.